The van der Waals surface area contributed by atoms with Crippen LogP contribution in [0.2, 0.25) is 0 Å². The summed E-state index contributed by atoms with van der Waals surface area (Å²) in [5.41, 5.74) is 5.83. The number of thiazole rings is 1. The number of fused-ring (bicyclic) bond motifs is 1. The molecule has 4 heterocycles. The Bertz CT molecular complexity index is 1320. The number of hydrogen-bond donors (Lipinski definition) is 4. The number of nitrogens with two attached hydrogens (primary N) is 1. The normalized spacial score (nSPS) is 18.7. The number of aryl methyl sites for hydroxylation is 1. The van der Waals surface area contributed by atoms with E-state index in [4.69, 9.17) is 15.7 Å². The quantitative estimate of drug-likeness (QED) is 0.0681. The Morgan fingerprint density at radius 2 is 2.05 bits per heavy atom. The zero-order chi connectivity index (χ0) is 26.7. The van der Waals surface area contributed by atoms with Crippen molar-refractivity contribution in [2.24, 2.45) is 12.2 Å². The van der Waals surface area contributed by atoms with E-state index in [9.17, 15) is 24.3 Å². The van der Waals surface area contributed by atoms with Crippen LogP contribution in [0.1, 0.15) is 5.69 Å². The van der Waals surface area contributed by atoms with E-state index < -0.39 is 41.8 Å². The third-order valence-corrected chi connectivity index (χ3v) is 8.33. The minimum absolute atomic E-state index is 0. The van der Waals surface area contributed by atoms with Gasteiger partial charge in [0.15, 0.2) is 23.2 Å². The van der Waals surface area contributed by atoms with Crippen LogP contribution >= 0.6 is 34.9 Å². The maximum absolute atomic E-state index is 13.0. The molecule has 2 aliphatic heterocycles. The number of nitrogens with one attached hydrogen (secondary N) is 1. The van der Waals surface area contributed by atoms with Crippen LogP contribution in [0.5, 0.6) is 0 Å². The Morgan fingerprint density at radius 1 is 1.34 bits per heavy atom. The van der Waals surface area contributed by atoms with E-state index in [1.165, 1.54) is 33.8 Å². The first-order valence-electron chi connectivity index (χ1n) is 10.6. The second kappa shape index (κ2) is 12.9. The summed E-state index contributed by atoms with van der Waals surface area (Å²) in [7, 11) is 1.90. The average molecular weight is 590 g/mol. The number of carbonyl (C=O) groups is 4. The van der Waals surface area contributed by atoms with Gasteiger partial charge < -0.3 is 26.1 Å². The van der Waals surface area contributed by atoms with Gasteiger partial charge in [0, 0.05) is 33.9 Å². The fourth-order valence-corrected chi connectivity index (χ4v) is 6.43. The number of aliphatic carboxylic acids is 2. The topological polar surface area (TPSA) is 188 Å². The molecule has 2 aromatic rings. The molecular formula is C21H22N6NaO7S3+. The molecule has 1 saturated heterocycles. The number of amides is 2. The van der Waals surface area contributed by atoms with E-state index in [0.29, 0.717) is 17.1 Å². The third-order valence-electron chi connectivity index (χ3n) is 5.22. The van der Waals surface area contributed by atoms with Crippen molar-refractivity contribution in [1.82, 2.24) is 15.2 Å². The number of carbonyl (C=O) groups excluding carboxylic acids is 2. The number of aromatic nitrogens is 2. The summed E-state index contributed by atoms with van der Waals surface area (Å²) in [6.45, 7) is -0.792. The number of nitrogens with zero attached hydrogens (tertiary/aromatic N) is 4. The first-order valence-corrected chi connectivity index (χ1v) is 13.5. The molecule has 17 heteroatoms. The SMILES string of the molecule is C[n+]1ccc(SCC2=C(C(=O)O)N3C(=O)[C@@H](NC(=O)/C(=N\OCC(=O)O)c4csc(N)n4)[C@H]3SC2)cc1.[NaH]. The number of pyridine rings is 1. The van der Waals surface area contributed by atoms with Crippen molar-refractivity contribution < 1.29 is 38.8 Å². The molecule has 38 heavy (non-hydrogen) atoms. The van der Waals surface area contributed by atoms with E-state index in [1.807, 2.05) is 36.1 Å². The summed E-state index contributed by atoms with van der Waals surface area (Å²) >= 11 is 3.84. The minimum atomic E-state index is -1.30. The summed E-state index contributed by atoms with van der Waals surface area (Å²) in [5, 5.41) is 25.7. The number of carboxylic acids is 2. The Kier molecular flexibility index (Phi) is 10.2. The Morgan fingerprint density at radius 3 is 2.66 bits per heavy atom. The average Bonchev–Trinajstić information content (AvgIpc) is 3.29. The van der Waals surface area contributed by atoms with Crippen LogP contribution in [0.4, 0.5) is 5.13 Å². The fraction of sp³-hybridized carbons (Fsp3) is 0.286. The van der Waals surface area contributed by atoms with Crippen molar-refractivity contribution >= 4 is 99.0 Å². The molecule has 2 aromatic heterocycles. The van der Waals surface area contributed by atoms with Crippen LogP contribution in [0.15, 0.2) is 51.2 Å². The van der Waals surface area contributed by atoms with Gasteiger partial charge in [-0.15, -0.1) is 34.9 Å². The Hall–Kier alpha value is -2.63. The summed E-state index contributed by atoms with van der Waals surface area (Å²) in [5.74, 6) is -3.19. The Labute approximate surface area is 250 Å². The molecular weight excluding hydrogens is 567 g/mol. The summed E-state index contributed by atoms with van der Waals surface area (Å²) in [6.07, 6.45) is 3.77. The molecule has 1 fully saturated rings. The standard InChI is InChI=1S/C21H20N6O7S3.Na.H/c1-26-4-2-11(3-5-26)35-7-10-8-36-19-15(18(31)27(19)16(10)20(32)33)24-17(30)14(25-34-6-13(28)29)12-9-37-21(22)23-12;;/h2-5,9,15,19H,6-8H2,1H3,(H4-,22,23,24,28,29,30,32,33);;/p+1/b25-14-;;/t15-,19-;;/m1../s1. The first kappa shape index (κ1) is 29.9. The molecule has 196 valence electrons. The second-order valence-corrected chi connectivity index (χ2v) is 10.8. The maximum atomic E-state index is 13.0. The number of anilines is 1. The van der Waals surface area contributed by atoms with Crippen molar-refractivity contribution in [3.63, 3.8) is 0 Å². The third kappa shape index (κ3) is 6.68. The number of hydrogen-bond acceptors (Lipinski definition) is 11. The van der Waals surface area contributed by atoms with Gasteiger partial charge in [-0.05, 0) is 5.57 Å². The van der Waals surface area contributed by atoms with Gasteiger partial charge in [-0.2, -0.15) is 0 Å². The molecule has 2 aliphatic rings. The van der Waals surface area contributed by atoms with Crippen molar-refractivity contribution in [3.8, 4) is 0 Å². The van der Waals surface area contributed by atoms with Crippen LogP contribution in [0.3, 0.4) is 0 Å². The number of β-lactam (4-membered cyclic amide) rings is 1. The molecule has 0 saturated carbocycles. The summed E-state index contributed by atoms with van der Waals surface area (Å²) < 4.78 is 1.89. The van der Waals surface area contributed by atoms with E-state index in [2.05, 4.69) is 15.5 Å². The molecule has 13 nitrogen and oxygen atoms in total. The molecule has 4 rings (SSSR count). The van der Waals surface area contributed by atoms with E-state index in [0.717, 1.165) is 16.2 Å². The van der Waals surface area contributed by atoms with Gasteiger partial charge in [-0.3, -0.25) is 14.5 Å². The Balaban J connectivity index is 0.00000400. The second-order valence-electron chi connectivity index (χ2n) is 7.78. The molecule has 0 unspecified atom stereocenters. The van der Waals surface area contributed by atoms with Crippen molar-refractivity contribution in [2.45, 2.75) is 16.3 Å². The fourth-order valence-electron chi connectivity index (χ4n) is 3.51. The first-order chi connectivity index (χ1) is 17.7. The zero-order valence-corrected chi connectivity index (χ0v) is 21.6. The van der Waals surface area contributed by atoms with Gasteiger partial charge >= 0.3 is 41.5 Å². The van der Waals surface area contributed by atoms with Crippen molar-refractivity contribution in [2.75, 3.05) is 23.8 Å². The van der Waals surface area contributed by atoms with E-state index >= 15 is 0 Å². The van der Waals surface area contributed by atoms with Crippen molar-refractivity contribution in [3.05, 3.63) is 46.9 Å². The monoisotopic (exact) mass is 589 g/mol. The van der Waals surface area contributed by atoms with Gasteiger partial charge in [0.25, 0.3) is 11.8 Å². The van der Waals surface area contributed by atoms with Crippen LogP contribution in [-0.2, 0) is 31.1 Å². The number of carboxylic acid groups (broad SMARTS) is 2. The number of oxime groups is 1. The predicted octanol–water partition coefficient (Wildman–Crippen LogP) is -0.762. The van der Waals surface area contributed by atoms with Crippen LogP contribution < -0.4 is 15.6 Å². The zero-order valence-electron chi connectivity index (χ0n) is 19.2. The number of rotatable bonds is 10. The van der Waals surface area contributed by atoms with Gasteiger partial charge in [0.05, 0.1) is 0 Å². The molecule has 5 N–H and O–H groups in total. The van der Waals surface area contributed by atoms with Gasteiger partial charge in [-0.1, -0.05) is 5.16 Å². The van der Waals surface area contributed by atoms with Crippen LogP contribution in [0, 0.1) is 0 Å². The predicted molar refractivity (Wildman–Crippen MR) is 142 cm³/mol. The molecule has 0 aromatic carbocycles. The van der Waals surface area contributed by atoms with Gasteiger partial charge in [-0.25, -0.2) is 19.1 Å². The summed E-state index contributed by atoms with van der Waals surface area (Å²) in [6, 6.07) is 2.82. The van der Waals surface area contributed by atoms with Gasteiger partial charge in [0.2, 0.25) is 6.61 Å². The van der Waals surface area contributed by atoms with Crippen LogP contribution in [0.25, 0.3) is 0 Å². The van der Waals surface area contributed by atoms with Crippen LogP contribution in [-0.4, -0.2) is 109 Å². The summed E-state index contributed by atoms with van der Waals surface area (Å²) in [4.78, 5) is 59.6. The molecule has 0 aliphatic carbocycles. The molecule has 0 radical (unpaired) electrons. The number of thioether (sulfide) groups is 2. The molecule has 2 amide bonds. The van der Waals surface area contributed by atoms with Gasteiger partial charge in [0.1, 0.15) is 29.9 Å². The van der Waals surface area contributed by atoms with E-state index in [-0.39, 0.29) is 51.8 Å². The van der Waals surface area contributed by atoms with Crippen molar-refractivity contribution in [1.29, 1.82) is 0 Å². The molecule has 0 bridgehead atoms. The number of nitrogen functional groups attached to an aromatic ring is 1. The molecule has 0 spiro atoms. The van der Waals surface area contributed by atoms with E-state index in [1.54, 1.807) is 0 Å². The molecule has 2 atom stereocenters.